The molecule has 2 saturated heterocycles. The number of esters is 1. The maximum absolute atomic E-state index is 14.0. The van der Waals surface area contributed by atoms with Crippen molar-refractivity contribution >= 4 is 32.4 Å². The molecule has 2 rings (SSSR count). The van der Waals surface area contributed by atoms with Crippen LogP contribution in [0.2, 0.25) is 18.1 Å². The van der Waals surface area contributed by atoms with Crippen LogP contribution in [-0.2, 0) is 37.7 Å². The Balaban J connectivity index is 2.62. The minimum absolute atomic E-state index is 0.00938. The van der Waals surface area contributed by atoms with E-state index in [2.05, 4.69) is 33.9 Å². The summed E-state index contributed by atoms with van der Waals surface area (Å²) in [6.07, 6.45) is -5.68. The minimum atomic E-state index is -2.23. The number of fused-ring (bicyclic) bond motifs is 1. The summed E-state index contributed by atoms with van der Waals surface area (Å²) in [6, 6.07) is -2.01. The molecule has 0 bridgehead atoms. The summed E-state index contributed by atoms with van der Waals surface area (Å²) in [7, 11) is -2.23. The number of amides is 3. The summed E-state index contributed by atoms with van der Waals surface area (Å²) in [6.45, 7) is 26.1. The number of aliphatic hydroxyl groups excluding tert-OH is 1. The van der Waals surface area contributed by atoms with Crippen molar-refractivity contribution in [3.8, 4) is 0 Å². The first kappa shape index (κ1) is 39.9. The van der Waals surface area contributed by atoms with E-state index in [9.17, 15) is 24.3 Å². The zero-order valence-corrected chi connectivity index (χ0v) is 31.5. The first-order valence-electron chi connectivity index (χ1n) is 15.9. The Bertz CT molecular complexity index is 1120. The molecule has 0 spiro atoms. The third-order valence-corrected chi connectivity index (χ3v) is 12.7. The van der Waals surface area contributed by atoms with Gasteiger partial charge in [0.1, 0.15) is 35.6 Å². The van der Waals surface area contributed by atoms with Crippen molar-refractivity contribution in [1.82, 2.24) is 9.80 Å². The number of carbonyl (C=O) groups is 4. The molecule has 0 radical (unpaired) electrons. The van der Waals surface area contributed by atoms with Crippen molar-refractivity contribution in [3.63, 3.8) is 0 Å². The number of aliphatic hydroxyl groups is 1. The largest absolute Gasteiger partial charge is 0.460 e. The average molecular weight is 675 g/mol. The Kier molecular flexibility index (Phi) is 12.2. The fourth-order valence-corrected chi connectivity index (χ4v) is 6.28. The highest BCUT2D eigenvalue weighted by Crippen LogP contribution is 2.44. The molecule has 2 aliphatic heterocycles. The summed E-state index contributed by atoms with van der Waals surface area (Å²) in [4.78, 5) is 54.8. The number of hydrogen-bond acceptors (Lipinski definition) is 11. The van der Waals surface area contributed by atoms with Crippen molar-refractivity contribution in [2.24, 2.45) is 0 Å². The van der Waals surface area contributed by atoms with Crippen LogP contribution >= 0.6 is 0 Å². The molecule has 2 aliphatic rings. The molecule has 0 aromatic heterocycles. The predicted molar refractivity (Wildman–Crippen MR) is 172 cm³/mol. The Labute approximate surface area is 275 Å². The zero-order chi connectivity index (χ0) is 35.8. The second kappa shape index (κ2) is 14.1. The van der Waals surface area contributed by atoms with Gasteiger partial charge in [0.15, 0.2) is 14.1 Å². The molecule has 2 heterocycles. The van der Waals surface area contributed by atoms with Gasteiger partial charge in [-0.2, -0.15) is 0 Å². The summed E-state index contributed by atoms with van der Waals surface area (Å²) in [5, 5.41) is 11.1. The van der Waals surface area contributed by atoms with Gasteiger partial charge in [-0.15, -0.1) is 0 Å². The number of hydrogen-bond donors (Lipinski definition) is 1. The molecule has 0 aliphatic carbocycles. The number of likely N-dealkylation sites (tertiary alicyclic amines) is 1. The lowest BCUT2D eigenvalue weighted by Crippen LogP contribution is -2.57. The lowest BCUT2D eigenvalue weighted by Gasteiger charge is -2.40. The van der Waals surface area contributed by atoms with Crippen molar-refractivity contribution in [2.75, 3.05) is 13.2 Å². The summed E-state index contributed by atoms with van der Waals surface area (Å²) >= 11 is 0. The van der Waals surface area contributed by atoms with Crippen LogP contribution in [0.15, 0.2) is 0 Å². The van der Waals surface area contributed by atoms with Crippen LogP contribution in [-0.4, -0.2) is 114 Å². The highest BCUT2D eigenvalue weighted by atomic mass is 28.4. The highest BCUT2D eigenvalue weighted by molar-refractivity contribution is 6.74. The van der Waals surface area contributed by atoms with Gasteiger partial charge in [-0.05, 0) is 73.5 Å². The molecule has 6 atom stereocenters. The topological polar surface area (TPSA) is 150 Å². The van der Waals surface area contributed by atoms with E-state index in [1.807, 2.05) is 0 Å². The van der Waals surface area contributed by atoms with Gasteiger partial charge in [-0.3, -0.25) is 14.5 Å². The third-order valence-electron chi connectivity index (χ3n) is 8.17. The quantitative estimate of drug-likeness (QED) is 0.200. The maximum Gasteiger partial charge on any atom is 0.417 e. The number of nitrogens with zero attached hydrogens (tertiary/aromatic N) is 2. The molecule has 1 N–H and O–H groups in total. The summed E-state index contributed by atoms with van der Waals surface area (Å²) in [5.74, 6) is -2.36. The second-order valence-electron chi connectivity index (χ2n) is 16.2. The van der Waals surface area contributed by atoms with Gasteiger partial charge in [0, 0.05) is 20.3 Å². The van der Waals surface area contributed by atoms with Crippen molar-refractivity contribution < 1.29 is 52.4 Å². The van der Waals surface area contributed by atoms with Crippen LogP contribution in [0.5, 0.6) is 0 Å². The van der Waals surface area contributed by atoms with Gasteiger partial charge in [0.2, 0.25) is 5.91 Å². The van der Waals surface area contributed by atoms with E-state index >= 15 is 0 Å². The van der Waals surface area contributed by atoms with Gasteiger partial charge in [0.25, 0.3) is 0 Å². The molecule has 13 nitrogen and oxygen atoms in total. The van der Waals surface area contributed by atoms with E-state index in [0.717, 1.165) is 4.90 Å². The van der Waals surface area contributed by atoms with E-state index in [4.69, 9.17) is 28.1 Å². The van der Waals surface area contributed by atoms with E-state index in [-0.39, 0.29) is 24.6 Å². The smallest absolute Gasteiger partial charge is 0.417 e. The SMILES string of the molecule is CC(=O)O[C@H](C[C@@H](O)CO[Si](C)(C)C(C)(C)C)[C@H]1[C@H]2OC(C)(C)O[C@H]2[C@H](CN(C(C)=O)C(=O)OC(C)(C)C)N1C(=O)OC(C)(C)C. The van der Waals surface area contributed by atoms with Crippen LogP contribution in [0.25, 0.3) is 0 Å². The minimum Gasteiger partial charge on any atom is -0.460 e. The Morgan fingerprint density at radius 2 is 1.43 bits per heavy atom. The van der Waals surface area contributed by atoms with Gasteiger partial charge in [-0.1, -0.05) is 20.8 Å². The first-order chi connectivity index (χ1) is 20.5. The summed E-state index contributed by atoms with van der Waals surface area (Å²) < 4.78 is 36.0. The number of ether oxygens (including phenoxy) is 5. The standard InChI is InChI=1S/C32H58N2O11Si/c1-19(35)33(27(38)44-29(3,4)5)17-22-25-26(43-32(12,13)42-25)24(34(22)28(39)45-30(6,7)8)23(41-20(2)36)16-21(37)18-40-46(14,15)31(9,10)11/h21-26,37H,16-18H2,1-15H3/t21-,22+,23-,24+,25+,26-/m1/s1. The molecule has 0 saturated carbocycles. The normalized spacial score (nSPS) is 24.6. The molecule has 3 amide bonds. The summed E-state index contributed by atoms with van der Waals surface area (Å²) in [5.41, 5.74) is -1.82. The Morgan fingerprint density at radius 1 is 0.913 bits per heavy atom. The zero-order valence-electron chi connectivity index (χ0n) is 30.5. The van der Waals surface area contributed by atoms with Crippen molar-refractivity contribution in [1.29, 1.82) is 0 Å². The number of carbonyl (C=O) groups excluding carboxylic acids is 4. The molecule has 0 aromatic carbocycles. The van der Waals surface area contributed by atoms with Crippen LogP contribution in [0.3, 0.4) is 0 Å². The highest BCUT2D eigenvalue weighted by Gasteiger charge is 2.63. The Morgan fingerprint density at radius 3 is 1.89 bits per heavy atom. The van der Waals surface area contributed by atoms with E-state index < -0.39 is 85.9 Å². The number of imide groups is 1. The van der Waals surface area contributed by atoms with Crippen LogP contribution in [0.1, 0.15) is 96.4 Å². The molecule has 14 heteroatoms. The average Bonchev–Trinajstić information content (AvgIpc) is 3.27. The van der Waals surface area contributed by atoms with Gasteiger partial charge < -0.3 is 33.2 Å². The molecular weight excluding hydrogens is 616 g/mol. The first-order valence-corrected chi connectivity index (χ1v) is 18.8. The van der Waals surface area contributed by atoms with Crippen LogP contribution in [0, 0.1) is 0 Å². The van der Waals surface area contributed by atoms with Crippen LogP contribution in [0.4, 0.5) is 9.59 Å². The van der Waals surface area contributed by atoms with Gasteiger partial charge >= 0.3 is 18.2 Å². The lowest BCUT2D eigenvalue weighted by atomic mass is 9.98. The molecule has 266 valence electrons. The molecule has 46 heavy (non-hydrogen) atoms. The fourth-order valence-electron chi connectivity index (χ4n) is 5.23. The number of rotatable bonds is 9. The van der Waals surface area contributed by atoms with Crippen molar-refractivity contribution in [2.45, 2.75) is 168 Å². The fraction of sp³-hybridized carbons (Fsp3) is 0.875. The third kappa shape index (κ3) is 10.6. The van der Waals surface area contributed by atoms with Gasteiger partial charge in [-0.25, -0.2) is 14.5 Å². The molecule has 0 aromatic rings. The molecular formula is C32H58N2O11Si. The van der Waals surface area contributed by atoms with Crippen molar-refractivity contribution in [3.05, 3.63) is 0 Å². The Hall–Kier alpha value is -2.26. The monoisotopic (exact) mass is 674 g/mol. The van der Waals surface area contributed by atoms with E-state index in [0.29, 0.717) is 0 Å². The van der Waals surface area contributed by atoms with Crippen LogP contribution < -0.4 is 0 Å². The molecule has 2 fully saturated rings. The van der Waals surface area contributed by atoms with E-state index in [1.165, 1.54) is 18.7 Å². The van der Waals surface area contributed by atoms with E-state index in [1.54, 1.807) is 55.4 Å². The lowest BCUT2D eigenvalue weighted by molar-refractivity contribution is -0.179. The predicted octanol–water partition coefficient (Wildman–Crippen LogP) is 4.98. The molecule has 0 unspecified atom stereocenters. The maximum atomic E-state index is 14.0. The van der Waals surface area contributed by atoms with Gasteiger partial charge in [0.05, 0.1) is 25.3 Å². The second-order valence-corrected chi connectivity index (χ2v) is 21.0.